The molecule has 1 aliphatic heterocycles. The Morgan fingerprint density at radius 1 is 0.494 bits per heavy atom. The van der Waals surface area contributed by atoms with Crippen molar-refractivity contribution in [1.29, 1.82) is 0 Å². The molecular weight excluding hydrogens is 1320 g/mol. The minimum absolute atomic E-state index is 0. The van der Waals surface area contributed by atoms with Gasteiger partial charge in [0.1, 0.15) is 6.61 Å². The number of unbranched alkanes of at least 4 members (excludes halogenated alkanes) is 29. The number of aliphatic carboxylic acids is 3. The molecule has 0 aliphatic carbocycles. The summed E-state index contributed by atoms with van der Waals surface area (Å²) in [6.07, 6.45) is 37.1. The zero-order valence-electron chi connectivity index (χ0n) is 54.2. The molecule has 2 bridgehead atoms. The molecule has 3 N–H and O–H groups in total. The molecule has 1 aromatic carbocycles. The molecule has 2 heterocycles. The Labute approximate surface area is 561 Å². The largest absolute Gasteiger partial charge is 3.00 e. The summed E-state index contributed by atoms with van der Waals surface area (Å²) in [5.41, 5.74) is 1.49. The molecule has 3 rings (SSSR count). The molecular formula is C67H112N4O16PTm+2. The number of carboxylic acids is 3. The second-order valence-corrected chi connectivity index (χ2v) is 25.9. The second kappa shape index (κ2) is 51.2. The van der Waals surface area contributed by atoms with Crippen molar-refractivity contribution in [2.24, 2.45) is 0 Å². The van der Waals surface area contributed by atoms with Crippen molar-refractivity contribution in [2.45, 2.75) is 277 Å². The van der Waals surface area contributed by atoms with Crippen LogP contribution in [0.1, 0.15) is 267 Å². The first-order chi connectivity index (χ1) is 42.5. The Bertz CT molecular complexity index is 2340. The molecule has 0 saturated carbocycles. The van der Waals surface area contributed by atoms with E-state index in [1.165, 1.54) is 141 Å². The van der Waals surface area contributed by atoms with E-state index in [0.29, 0.717) is 61.0 Å². The van der Waals surface area contributed by atoms with Crippen LogP contribution in [0.4, 0.5) is 0 Å². The van der Waals surface area contributed by atoms with E-state index in [1.54, 1.807) is 14.7 Å². The topological polar surface area (TPSA) is 280 Å². The predicted octanol–water partition coefficient (Wildman–Crippen LogP) is 11.8. The van der Waals surface area contributed by atoms with Crippen LogP contribution >= 0.6 is 7.82 Å². The maximum Gasteiger partial charge on any atom is 3.00 e. The van der Waals surface area contributed by atoms with E-state index >= 15 is 0 Å². The molecule has 0 amide bonds. The van der Waals surface area contributed by atoms with Gasteiger partial charge in [-0.1, -0.05) is 194 Å². The normalized spacial score (nSPS) is 14.6. The molecule has 0 radical (unpaired) electrons. The zero-order chi connectivity index (χ0) is 64.0. The molecule has 1 aliphatic rings. The van der Waals surface area contributed by atoms with E-state index in [1.807, 2.05) is 12.1 Å². The van der Waals surface area contributed by atoms with Crippen LogP contribution in [0.25, 0.3) is 0 Å². The average molecular weight is 1430 g/mol. The number of phosphoric acid groups is 1. The van der Waals surface area contributed by atoms with E-state index in [0.717, 1.165) is 44.1 Å². The Kier molecular flexibility index (Phi) is 47.2. The van der Waals surface area contributed by atoms with Crippen molar-refractivity contribution in [1.82, 2.24) is 19.7 Å². The third kappa shape index (κ3) is 41.2. The van der Waals surface area contributed by atoms with Crippen LogP contribution in [-0.4, -0.2) is 137 Å². The average Bonchev–Trinajstić information content (AvgIpc) is 1.17. The summed E-state index contributed by atoms with van der Waals surface area (Å²) in [7, 11) is -4.96. The molecule has 1 aromatic heterocycles. The number of carboxylic acid groups (broad SMARTS) is 3. The summed E-state index contributed by atoms with van der Waals surface area (Å²) < 4.78 is 34.4. The number of esters is 2. The summed E-state index contributed by atoms with van der Waals surface area (Å²) in [5, 5.41) is 28.8. The fourth-order valence-corrected chi connectivity index (χ4v) is 12.3. The second-order valence-electron chi connectivity index (χ2n) is 24.5. The Balaban J connectivity index is 0.0000270. The van der Waals surface area contributed by atoms with Gasteiger partial charge < -0.3 is 38.7 Å². The van der Waals surface area contributed by atoms with Crippen molar-refractivity contribution in [3.63, 3.8) is 0 Å². The number of hydrogen-bond acceptors (Lipinski definition) is 17. The predicted molar refractivity (Wildman–Crippen MR) is 340 cm³/mol. The van der Waals surface area contributed by atoms with Crippen molar-refractivity contribution in [3.8, 4) is 0 Å². The third-order valence-corrected chi connectivity index (χ3v) is 17.5. The number of aryl methyl sites for hydroxylation is 1. The van der Waals surface area contributed by atoms with Gasteiger partial charge in [0.15, 0.2) is 6.10 Å². The van der Waals surface area contributed by atoms with Crippen LogP contribution in [0.3, 0.4) is 0 Å². The first-order valence-corrected chi connectivity index (χ1v) is 35.5. The maximum atomic E-state index is 13.0. The number of ether oxygens (including phenoxy) is 2. The van der Waals surface area contributed by atoms with Gasteiger partial charge in [0.2, 0.25) is 10.9 Å². The van der Waals surface area contributed by atoms with Crippen LogP contribution in [-0.2, 0) is 79.4 Å². The summed E-state index contributed by atoms with van der Waals surface area (Å²) in [6.45, 7) is 3.52. The van der Waals surface area contributed by atoms with Crippen LogP contribution in [0, 0.1) is 36.9 Å². The number of carbonyl (C=O) groups excluding carboxylic acids is 2. The van der Waals surface area contributed by atoms with Crippen LogP contribution in [0.5, 0.6) is 0 Å². The number of rotatable bonds is 54. The molecule has 22 heteroatoms. The van der Waals surface area contributed by atoms with Gasteiger partial charge in [-0.25, -0.2) is 0 Å². The molecule has 512 valence electrons. The Hall–Kier alpha value is -3.20. The Morgan fingerprint density at radius 2 is 0.854 bits per heavy atom. The summed E-state index contributed by atoms with van der Waals surface area (Å²) in [6, 6.07) is 3.71. The van der Waals surface area contributed by atoms with Crippen LogP contribution in [0.2, 0.25) is 0 Å². The van der Waals surface area contributed by atoms with Crippen LogP contribution in [0.15, 0.2) is 21.7 Å². The molecule has 1 unspecified atom stereocenters. The summed E-state index contributed by atoms with van der Waals surface area (Å²) >= 11 is 0. The van der Waals surface area contributed by atoms with E-state index < -0.39 is 61.2 Å². The molecule has 0 spiro atoms. The monoisotopic (exact) mass is 1430 g/mol. The zero-order valence-corrected chi connectivity index (χ0v) is 56.9. The number of carbonyl (C=O) groups is 5. The fourth-order valence-electron chi connectivity index (χ4n) is 11.5. The standard InChI is InChI=1S/C67H113N4O16P.Tm/c1-3-5-7-9-11-13-15-17-19-21-23-25-27-29-31-39-64(78)84-53-58(87-65(79)40-32-30-28-26-24-22-20-18-16-14-12-10-8-6-4-2)54-86-88(82,83)85-45-35-38-60-59(66(80)67(60)81)37-34-33-36-55-46-56-48-70(51-62(74)75)43-41-69(50-61(72)73)42-44-71(52-63(76)77)49-57(47-55)68-56;/h46-47,58H,3-45,48-54H2,1-2H3,(H,72,73)(H,74,75)(H,76,77)(H,82,83);/q;+3/p-1/t58-;/m1./s1. The van der Waals surface area contributed by atoms with Crippen molar-refractivity contribution < 1.29 is 104 Å². The molecule has 0 fully saturated rings. The molecule has 2 aromatic rings. The van der Waals surface area contributed by atoms with E-state index in [-0.39, 0.29) is 135 Å². The quantitative estimate of drug-likeness (QED) is 0.0240. The number of hydrogen-bond donors (Lipinski definition) is 3. The number of nitrogens with zero attached hydrogens (tertiary/aromatic N) is 4. The van der Waals surface area contributed by atoms with Gasteiger partial charge in [0.25, 0.3) is 7.82 Å². The number of pyridine rings is 1. The number of phosphoric ester groups is 1. The first kappa shape index (κ1) is 81.9. The minimum Gasteiger partial charge on any atom is -0.756 e. The number of fused-ring (bicyclic) bond motifs is 2. The first-order valence-electron chi connectivity index (χ1n) is 34.1. The van der Waals surface area contributed by atoms with E-state index in [2.05, 4.69) is 13.8 Å². The van der Waals surface area contributed by atoms with Gasteiger partial charge >= 0.3 is 66.7 Å². The SMILES string of the molecule is CCCCCCCCCCCCCCCCCC(=O)OC[C@H](COP(=O)([O-])OCCCc1c(CCCCc2cc3nc(c2)CN(CC(=O)O)CCN(CC(=O)O)CCN(CC(=O)O)C3)c(=O)c1=O)OC(=O)CCCCCCCCCCCCCCCCC.[Tm+3]. The summed E-state index contributed by atoms with van der Waals surface area (Å²) in [4.78, 5) is 109. The Morgan fingerprint density at radius 3 is 1.27 bits per heavy atom. The molecule has 20 nitrogen and oxygen atoms in total. The third-order valence-electron chi connectivity index (χ3n) is 16.5. The van der Waals surface area contributed by atoms with Crippen molar-refractivity contribution in [3.05, 3.63) is 60.7 Å². The molecule has 2 atom stereocenters. The van der Waals surface area contributed by atoms with Gasteiger partial charge in [-0.05, 0) is 69.1 Å². The fraction of sp³-hybridized carbons (Fsp3) is 0.791. The van der Waals surface area contributed by atoms with Gasteiger partial charge in [0, 0.05) is 63.2 Å². The van der Waals surface area contributed by atoms with Gasteiger partial charge in [-0.2, -0.15) is 0 Å². The van der Waals surface area contributed by atoms with E-state index in [4.69, 9.17) is 23.5 Å². The number of aromatic nitrogens is 1. The van der Waals surface area contributed by atoms with Crippen molar-refractivity contribution in [2.75, 3.05) is 65.6 Å². The van der Waals surface area contributed by atoms with Gasteiger partial charge in [-0.15, -0.1) is 0 Å². The van der Waals surface area contributed by atoms with Crippen molar-refractivity contribution >= 4 is 37.7 Å². The van der Waals surface area contributed by atoms with E-state index in [9.17, 15) is 58.3 Å². The van der Waals surface area contributed by atoms with Gasteiger partial charge in [-0.3, -0.25) is 57.8 Å². The van der Waals surface area contributed by atoms with Gasteiger partial charge in [0.05, 0.1) is 44.2 Å². The minimum atomic E-state index is -4.96. The molecule has 0 saturated heterocycles. The smallest absolute Gasteiger partial charge is 0.756 e. The molecule has 89 heavy (non-hydrogen) atoms. The maximum absolute atomic E-state index is 13.0. The summed E-state index contributed by atoms with van der Waals surface area (Å²) in [5.74, 6) is -4.16. The van der Waals surface area contributed by atoms with Crippen LogP contribution < -0.4 is 15.8 Å².